The van der Waals surface area contributed by atoms with Crippen LogP contribution in [0.2, 0.25) is 0 Å². The van der Waals surface area contributed by atoms with Crippen molar-refractivity contribution in [2.75, 3.05) is 4.81 Å². The lowest BCUT2D eigenvalue weighted by Gasteiger charge is -2.43. The van der Waals surface area contributed by atoms with Crippen molar-refractivity contribution in [2.45, 2.75) is 0 Å². The molecular weight excluding hydrogens is 559 g/mol. The molecule has 0 N–H and O–H groups in total. The molecule has 11 rings (SSSR count). The van der Waals surface area contributed by atoms with Crippen LogP contribution in [0.1, 0.15) is 0 Å². The monoisotopic (exact) mass is 584 g/mol. The van der Waals surface area contributed by atoms with E-state index in [9.17, 15) is 0 Å². The zero-order valence-corrected chi connectivity index (χ0v) is 24.8. The molecule has 7 aromatic carbocycles. The molecule has 212 valence electrons. The van der Waals surface area contributed by atoms with E-state index in [1.807, 2.05) is 6.07 Å². The smallest absolute Gasteiger partial charge is 0.329 e. The molecular formula is C42H25BN2O. The van der Waals surface area contributed by atoms with E-state index in [0.717, 1.165) is 33.1 Å². The molecule has 46 heavy (non-hydrogen) atoms. The van der Waals surface area contributed by atoms with Gasteiger partial charge in [-0.1, -0.05) is 121 Å². The van der Waals surface area contributed by atoms with Crippen LogP contribution in [-0.4, -0.2) is 11.4 Å². The standard InChI is InChI=1S/C42H25BN2O/c1-2-12-26(13-3-1)44-39-32(33-24-25-34-30-17-7-11-21-38(30)46-42(34)41(33)44)23-22-31-28-15-5-9-19-36(28)43-35-18-8-4-14-27(35)29-16-6-10-20-37(29)45(43)40(31)39/h1-25H. The number of hydrogen-bond donors (Lipinski definition) is 0. The molecule has 3 nitrogen and oxygen atoms in total. The van der Waals surface area contributed by atoms with E-state index in [1.165, 1.54) is 60.8 Å². The minimum Gasteiger partial charge on any atom is -0.454 e. The van der Waals surface area contributed by atoms with Crippen molar-refractivity contribution in [3.8, 4) is 27.9 Å². The van der Waals surface area contributed by atoms with Gasteiger partial charge in [-0.3, -0.25) is 0 Å². The SMILES string of the molecule is c1ccc(-n2c3c4c(ccc3c3ccc5c6ccccc6oc5c32)-c2ccccc2B2c3ccccc3-c3ccccc3N24)cc1. The molecule has 0 unspecified atom stereocenters. The Labute approximate surface area is 265 Å². The second-order valence-electron chi connectivity index (χ2n) is 12.4. The van der Waals surface area contributed by atoms with E-state index < -0.39 is 0 Å². The highest BCUT2D eigenvalue weighted by molar-refractivity contribution is 6.92. The van der Waals surface area contributed by atoms with Gasteiger partial charge in [0, 0.05) is 44.0 Å². The van der Waals surface area contributed by atoms with Gasteiger partial charge >= 0.3 is 6.85 Å². The van der Waals surface area contributed by atoms with E-state index in [4.69, 9.17) is 4.42 Å². The van der Waals surface area contributed by atoms with E-state index in [1.54, 1.807) is 0 Å². The van der Waals surface area contributed by atoms with E-state index in [0.29, 0.717) is 0 Å². The lowest BCUT2D eigenvalue weighted by molar-refractivity contribution is 0.671. The zero-order chi connectivity index (χ0) is 29.9. The fourth-order valence-corrected chi connectivity index (χ4v) is 8.35. The summed E-state index contributed by atoms with van der Waals surface area (Å²) < 4.78 is 9.19. The number of rotatable bonds is 1. The molecule has 0 atom stereocenters. The zero-order valence-electron chi connectivity index (χ0n) is 24.8. The third kappa shape index (κ3) is 2.99. The fourth-order valence-electron chi connectivity index (χ4n) is 8.35. The first-order chi connectivity index (χ1) is 22.9. The minimum absolute atomic E-state index is 0.0360. The van der Waals surface area contributed by atoms with Crippen LogP contribution >= 0.6 is 0 Å². The normalized spacial score (nSPS) is 13.1. The molecule has 4 heteroatoms. The van der Waals surface area contributed by atoms with E-state index >= 15 is 0 Å². The Kier molecular flexibility index (Phi) is 4.66. The number of nitrogens with zero attached hydrogens (tertiary/aromatic N) is 2. The molecule has 0 saturated heterocycles. The maximum Gasteiger partial charge on any atom is 0.329 e. The van der Waals surface area contributed by atoms with Crippen molar-refractivity contribution in [3.63, 3.8) is 0 Å². The van der Waals surface area contributed by atoms with Gasteiger partial charge in [-0.25, -0.2) is 0 Å². The summed E-state index contributed by atoms with van der Waals surface area (Å²) >= 11 is 0. The van der Waals surface area contributed by atoms with Gasteiger partial charge in [0.2, 0.25) is 0 Å². The van der Waals surface area contributed by atoms with Gasteiger partial charge in [0.25, 0.3) is 0 Å². The van der Waals surface area contributed by atoms with Crippen molar-refractivity contribution in [1.82, 2.24) is 4.57 Å². The van der Waals surface area contributed by atoms with Gasteiger partial charge in [-0.2, -0.15) is 0 Å². The molecule has 0 bridgehead atoms. The number of aromatic nitrogens is 1. The third-order valence-electron chi connectivity index (χ3n) is 10.2. The fraction of sp³-hybridized carbons (Fsp3) is 0. The first-order valence-corrected chi connectivity index (χ1v) is 15.9. The van der Waals surface area contributed by atoms with E-state index in [2.05, 4.69) is 155 Å². The lowest BCUT2D eigenvalue weighted by atomic mass is 9.43. The van der Waals surface area contributed by atoms with Crippen LogP contribution in [0.4, 0.5) is 11.4 Å². The summed E-state index contributed by atoms with van der Waals surface area (Å²) in [4.78, 5) is 2.62. The van der Waals surface area contributed by atoms with Crippen molar-refractivity contribution < 1.29 is 4.42 Å². The predicted octanol–water partition coefficient (Wildman–Crippen LogP) is 9.59. The Hall–Kier alpha value is -6.00. The van der Waals surface area contributed by atoms with Crippen LogP contribution in [0.5, 0.6) is 0 Å². The molecule has 9 aromatic rings. The van der Waals surface area contributed by atoms with Gasteiger partial charge in [-0.05, 0) is 52.4 Å². The molecule has 0 aliphatic carbocycles. The van der Waals surface area contributed by atoms with Crippen LogP contribution < -0.4 is 15.7 Å². The van der Waals surface area contributed by atoms with Crippen molar-refractivity contribution in [2.24, 2.45) is 0 Å². The molecule has 0 saturated carbocycles. The number of hydrogen-bond acceptors (Lipinski definition) is 2. The average Bonchev–Trinajstić information content (AvgIpc) is 3.68. The highest BCUT2D eigenvalue weighted by Crippen LogP contribution is 2.51. The summed E-state index contributed by atoms with van der Waals surface area (Å²) in [6.07, 6.45) is 0. The number of benzene rings is 7. The highest BCUT2D eigenvalue weighted by atomic mass is 16.3. The summed E-state index contributed by atoms with van der Waals surface area (Å²) in [5, 5.41) is 4.68. The molecule has 2 aliphatic heterocycles. The van der Waals surface area contributed by atoms with Crippen molar-refractivity contribution in [3.05, 3.63) is 152 Å². The quantitative estimate of drug-likeness (QED) is 0.179. The largest absolute Gasteiger partial charge is 0.454 e. The molecule has 0 spiro atoms. The van der Waals surface area contributed by atoms with Gasteiger partial charge in [0.1, 0.15) is 5.58 Å². The van der Waals surface area contributed by atoms with Crippen LogP contribution in [0, 0.1) is 0 Å². The van der Waals surface area contributed by atoms with E-state index in [-0.39, 0.29) is 6.85 Å². The van der Waals surface area contributed by atoms with Gasteiger partial charge in [0.15, 0.2) is 5.58 Å². The Bertz CT molecular complexity index is 2720. The van der Waals surface area contributed by atoms with Gasteiger partial charge < -0.3 is 13.8 Å². The first kappa shape index (κ1) is 24.3. The third-order valence-corrected chi connectivity index (χ3v) is 10.2. The molecule has 2 aromatic heterocycles. The number of anilines is 2. The number of furan rings is 1. The topological polar surface area (TPSA) is 21.3 Å². The lowest BCUT2D eigenvalue weighted by Crippen LogP contribution is -2.59. The molecule has 2 aliphatic rings. The summed E-state index contributed by atoms with van der Waals surface area (Å²) in [7, 11) is 0. The summed E-state index contributed by atoms with van der Waals surface area (Å²) in [6.45, 7) is 0.0360. The van der Waals surface area contributed by atoms with Gasteiger partial charge in [0.05, 0.1) is 16.7 Å². The molecule has 0 amide bonds. The van der Waals surface area contributed by atoms with Crippen molar-refractivity contribution in [1.29, 1.82) is 0 Å². The van der Waals surface area contributed by atoms with Gasteiger partial charge in [-0.15, -0.1) is 0 Å². The second-order valence-corrected chi connectivity index (χ2v) is 12.4. The number of fused-ring (bicyclic) bond motifs is 19. The van der Waals surface area contributed by atoms with Crippen LogP contribution in [-0.2, 0) is 0 Å². The average molecular weight is 584 g/mol. The Morgan fingerprint density at radius 3 is 1.87 bits per heavy atom. The first-order valence-electron chi connectivity index (χ1n) is 15.9. The second kappa shape index (κ2) is 8.80. The number of para-hydroxylation sites is 3. The van der Waals surface area contributed by atoms with Crippen LogP contribution in [0.15, 0.2) is 156 Å². The molecule has 0 fully saturated rings. The maximum atomic E-state index is 6.73. The summed E-state index contributed by atoms with van der Waals surface area (Å²) in [6, 6.07) is 55.2. The predicted molar refractivity (Wildman–Crippen MR) is 193 cm³/mol. The Balaban J connectivity index is 1.38. The molecule has 4 heterocycles. The van der Waals surface area contributed by atoms with Crippen LogP contribution in [0.25, 0.3) is 71.7 Å². The summed E-state index contributed by atoms with van der Waals surface area (Å²) in [5.41, 5.74) is 15.5. The highest BCUT2D eigenvalue weighted by Gasteiger charge is 2.43. The summed E-state index contributed by atoms with van der Waals surface area (Å²) in [5.74, 6) is 0. The maximum absolute atomic E-state index is 6.73. The minimum atomic E-state index is 0.0360. The van der Waals surface area contributed by atoms with Crippen molar-refractivity contribution >= 4 is 72.9 Å². The molecule has 0 radical (unpaired) electrons. The Morgan fingerprint density at radius 1 is 0.435 bits per heavy atom. The Morgan fingerprint density at radius 2 is 1.04 bits per heavy atom. The van der Waals surface area contributed by atoms with Crippen LogP contribution in [0.3, 0.4) is 0 Å².